The molecule has 0 spiro atoms. The fourth-order valence-electron chi connectivity index (χ4n) is 1.85. The summed E-state index contributed by atoms with van der Waals surface area (Å²) in [6.45, 7) is 4.54. The van der Waals surface area contributed by atoms with Gasteiger partial charge in [-0.15, -0.1) is 0 Å². The molecule has 0 bridgehead atoms. The van der Waals surface area contributed by atoms with Crippen molar-refractivity contribution in [3.8, 4) is 11.1 Å². The molecule has 0 aliphatic rings. The van der Waals surface area contributed by atoms with E-state index in [9.17, 15) is 4.79 Å². The summed E-state index contributed by atoms with van der Waals surface area (Å²) in [6, 6.07) is 3.62. The van der Waals surface area contributed by atoms with Gasteiger partial charge >= 0.3 is 5.97 Å². The summed E-state index contributed by atoms with van der Waals surface area (Å²) in [4.78, 5) is 16.0. The normalized spacial score (nSPS) is 10.4. The van der Waals surface area contributed by atoms with Crippen LogP contribution in [0, 0.1) is 0 Å². The Kier molecular flexibility index (Phi) is 3.79. The summed E-state index contributed by atoms with van der Waals surface area (Å²) in [7, 11) is 0. The molecule has 2 N–H and O–H groups in total. The number of pyridine rings is 1. The summed E-state index contributed by atoms with van der Waals surface area (Å²) in [6.07, 6.45) is 3.31. The molecule has 2 aromatic rings. The van der Waals surface area contributed by atoms with E-state index in [0.29, 0.717) is 24.5 Å². The zero-order valence-electron chi connectivity index (χ0n) is 11.0. The number of carbonyl (C=O) groups excluding carboxylic acids is 1. The number of aromatic nitrogens is 3. The van der Waals surface area contributed by atoms with E-state index >= 15 is 0 Å². The highest BCUT2D eigenvalue weighted by molar-refractivity contribution is 5.98. The van der Waals surface area contributed by atoms with Gasteiger partial charge < -0.3 is 10.5 Å². The average Bonchev–Trinajstić information content (AvgIpc) is 2.77. The van der Waals surface area contributed by atoms with E-state index in [1.807, 2.05) is 13.0 Å². The van der Waals surface area contributed by atoms with Crippen molar-refractivity contribution < 1.29 is 9.53 Å². The topological polar surface area (TPSA) is 83.0 Å². The lowest BCUT2D eigenvalue weighted by molar-refractivity contribution is 0.0519. The van der Waals surface area contributed by atoms with Crippen molar-refractivity contribution in [2.75, 3.05) is 12.3 Å². The molecule has 0 aliphatic carbocycles. The van der Waals surface area contributed by atoms with Gasteiger partial charge in [0.2, 0.25) is 0 Å². The van der Waals surface area contributed by atoms with E-state index in [0.717, 1.165) is 5.56 Å². The fraction of sp³-hybridized carbons (Fsp3) is 0.308. The number of anilines is 1. The molecule has 0 atom stereocenters. The van der Waals surface area contributed by atoms with E-state index in [4.69, 9.17) is 10.5 Å². The van der Waals surface area contributed by atoms with E-state index in [1.165, 1.54) is 0 Å². The monoisotopic (exact) mass is 260 g/mol. The molecular weight excluding hydrogens is 244 g/mol. The van der Waals surface area contributed by atoms with Gasteiger partial charge in [0.15, 0.2) is 5.69 Å². The first-order valence-electron chi connectivity index (χ1n) is 6.12. The summed E-state index contributed by atoms with van der Waals surface area (Å²) >= 11 is 0. The van der Waals surface area contributed by atoms with Crippen LogP contribution in [0.3, 0.4) is 0 Å². The van der Waals surface area contributed by atoms with Gasteiger partial charge in [0.1, 0.15) is 5.82 Å². The second-order valence-electron chi connectivity index (χ2n) is 3.89. The summed E-state index contributed by atoms with van der Waals surface area (Å²) in [5.41, 5.74) is 7.61. The van der Waals surface area contributed by atoms with Crippen molar-refractivity contribution in [2.24, 2.45) is 0 Å². The predicted octanol–water partition coefficient (Wildman–Crippen LogP) is 1.72. The quantitative estimate of drug-likeness (QED) is 0.846. The number of rotatable bonds is 4. The number of carbonyl (C=O) groups is 1. The van der Waals surface area contributed by atoms with Gasteiger partial charge in [-0.1, -0.05) is 6.07 Å². The number of hydrogen-bond donors (Lipinski definition) is 1. The lowest BCUT2D eigenvalue weighted by Gasteiger charge is -2.03. The second kappa shape index (κ2) is 5.51. The highest BCUT2D eigenvalue weighted by atomic mass is 16.5. The summed E-state index contributed by atoms with van der Waals surface area (Å²) in [5.74, 6) is -0.0289. The first kappa shape index (κ1) is 13.1. The van der Waals surface area contributed by atoms with Crippen molar-refractivity contribution in [1.82, 2.24) is 14.8 Å². The maximum absolute atomic E-state index is 11.9. The van der Waals surface area contributed by atoms with Crippen LogP contribution in [0.15, 0.2) is 24.5 Å². The zero-order valence-corrected chi connectivity index (χ0v) is 11.0. The number of esters is 1. The maximum atomic E-state index is 11.9. The minimum atomic E-state index is -0.472. The molecular formula is C13H16N4O2. The molecule has 2 aromatic heterocycles. The fourth-order valence-corrected chi connectivity index (χ4v) is 1.85. The van der Waals surface area contributed by atoms with Crippen molar-refractivity contribution in [3.63, 3.8) is 0 Å². The molecule has 0 amide bonds. The number of nitrogen functional groups attached to an aromatic ring is 1. The van der Waals surface area contributed by atoms with E-state index in [1.54, 1.807) is 30.1 Å². The molecule has 6 nitrogen and oxygen atoms in total. The Bertz CT molecular complexity index is 578. The van der Waals surface area contributed by atoms with Gasteiger partial charge in [0.05, 0.1) is 12.2 Å². The Morgan fingerprint density at radius 2 is 2.26 bits per heavy atom. The van der Waals surface area contributed by atoms with Gasteiger partial charge in [0, 0.05) is 24.5 Å². The smallest absolute Gasteiger partial charge is 0.359 e. The van der Waals surface area contributed by atoms with Crippen LogP contribution >= 0.6 is 0 Å². The van der Waals surface area contributed by atoms with Crippen LogP contribution in [0.5, 0.6) is 0 Å². The van der Waals surface area contributed by atoms with Crippen LogP contribution in [-0.2, 0) is 11.3 Å². The lowest BCUT2D eigenvalue weighted by atomic mass is 10.1. The SMILES string of the molecule is CCOC(=O)c1nn(CC)c(N)c1-c1cccnc1. The Morgan fingerprint density at radius 1 is 1.47 bits per heavy atom. The van der Waals surface area contributed by atoms with Crippen LogP contribution in [0.4, 0.5) is 5.82 Å². The van der Waals surface area contributed by atoms with Crippen molar-refractivity contribution in [1.29, 1.82) is 0 Å². The molecule has 100 valence electrons. The van der Waals surface area contributed by atoms with Gasteiger partial charge in [-0.2, -0.15) is 5.10 Å². The number of nitrogens with two attached hydrogens (primary N) is 1. The molecule has 6 heteroatoms. The molecule has 0 unspecified atom stereocenters. The van der Waals surface area contributed by atoms with Gasteiger partial charge in [0.25, 0.3) is 0 Å². The maximum Gasteiger partial charge on any atom is 0.359 e. The molecule has 0 fully saturated rings. The summed E-state index contributed by atoms with van der Waals surface area (Å²) < 4.78 is 6.59. The Hall–Kier alpha value is -2.37. The van der Waals surface area contributed by atoms with Gasteiger partial charge in [-0.3, -0.25) is 4.98 Å². The summed E-state index contributed by atoms with van der Waals surface area (Å²) in [5, 5.41) is 4.21. The third-order valence-electron chi connectivity index (χ3n) is 2.71. The molecule has 0 radical (unpaired) electrons. The van der Waals surface area contributed by atoms with Crippen LogP contribution in [0.1, 0.15) is 24.3 Å². The molecule has 0 aromatic carbocycles. The Labute approximate surface area is 111 Å². The van der Waals surface area contributed by atoms with Crippen molar-refractivity contribution >= 4 is 11.8 Å². The minimum Gasteiger partial charge on any atom is -0.461 e. The van der Waals surface area contributed by atoms with Crippen LogP contribution in [0.2, 0.25) is 0 Å². The molecule has 0 saturated carbocycles. The Morgan fingerprint density at radius 3 is 2.84 bits per heavy atom. The van der Waals surface area contributed by atoms with Crippen molar-refractivity contribution in [2.45, 2.75) is 20.4 Å². The highest BCUT2D eigenvalue weighted by Gasteiger charge is 2.23. The molecule has 0 aliphatic heterocycles. The first-order chi connectivity index (χ1) is 9.19. The Balaban J connectivity index is 2.57. The first-order valence-corrected chi connectivity index (χ1v) is 6.12. The van der Waals surface area contributed by atoms with E-state index in [2.05, 4.69) is 10.1 Å². The van der Waals surface area contributed by atoms with Gasteiger partial charge in [-0.25, -0.2) is 9.48 Å². The van der Waals surface area contributed by atoms with Gasteiger partial charge in [-0.05, 0) is 19.9 Å². The van der Waals surface area contributed by atoms with E-state index in [-0.39, 0.29) is 5.69 Å². The van der Waals surface area contributed by atoms with Crippen LogP contribution in [-0.4, -0.2) is 27.3 Å². The van der Waals surface area contributed by atoms with Crippen LogP contribution < -0.4 is 5.73 Å². The highest BCUT2D eigenvalue weighted by Crippen LogP contribution is 2.29. The molecule has 19 heavy (non-hydrogen) atoms. The average molecular weight is 260 g/mol. The predicted molar refractivity (Wildman–Crippen MR) is 71.5 cm³/mol. The number of hydrogen-bond acceptors (Lipinski definition) is 5. The zero-order chi connectivity index (χ0) is 13.8. The van der Waals surface area contributed by atoms with E-state index < -0.39 is 5.97 Å². The largest absolute Gasteiger partial charge is 0.461 e. The minimum absolute atomic E-state index is 0.231. The molecule has 0 saturated heterocycles. The van der Waals surface area contributed by atoms with Crippen LogP contribution in [0.25, 0.3) is 11.1 Å². The molecule has 2 rings (SSSR count). The molecule has 2 heterocycles. The number of aryl methyl sites for hydroxylation is 1. The van der Waals surface area contributed by atoms with Crippen molar-refractivity contribution in [3.05, 3.63) is 30.2 Å². The second-order valence-corrected chi connectivity index (χ2v) is 3.89. The number of nitrogens with zero attached hydrogens (tertiary/aromatic N) is 3. The standard InChI is InChI=1S/C13H16N4O2/c1-3-17-12(14)10(9-6-5-7-15-8-9)11(16-17)13(18)19-4-2/h5-8H,3-4,14H2,1-2H3. The lowest BCUT2D eigenvalue weighted by Crippen LogP contribution is -2.08. The third kappa shape index (κ3) is 2.42. The number of ether oxygens (including phenoxy) is 1. The third-order valence-corrected chi connectivity index (χ3v) is 2.71.